The van der Waals surface area contributed by atoms with Gasteiger partial charge in [0.05, 0.1) is 0 Å². The third-order valence-corrected chi connectivity index (χ3v) is 4.32. The van der Waals surface area contributed by atoms with Crippen LogP contribution in [0.25, 0.3) is 0 Å². The van der Waals surface area contributed by atoms with E-state index >= 15 is 0 Å². The summed E-state index contributed by atoms with van der Waals surface area (Å²) in [7, 11) is 0. The summed E-state index contributed by atoms with van der Waals surface area (Å²) in [4.78, 5) is 14.0. The molecule has 0 aromatic heterocycles. The Hall–Kier alpha value is -1.94. The van der Waals surface area contributed by atoms with E-state index in [1.165, 1.54) is 0 Å². The Bertz CT molecular complexity index is 667. The summed E-state index contributed by atoms with van der Waals surface area (Å²) in [5.41, 5.74) is 0.778. The van der Waals surface area contributed by atoms with Gasteiger partial charge in [-0.05, 0) is 24.3 Å². The maximum atomic E-state index is 12.0. The zero-order valence-corrected chi connectivity index (χ0v) is 12.6. The molecule has 0 unspecified atom stereocenters. The Kier molecular flexibility index (Phi) is 4.15. The van der Waals surface area contributed by atoms with Crippen LogP contribution in [-0.4, -0.2) is 19.0 Å². The topological polar surface area (TPSA) is 35.5 Å². The Morgan fingerprint density at radius 1 is 1.10 bits per heavy atom. The highest BCUT2D eigenvalue weighted by atomic mass is 32.2. The first kappa shape index (κ1) is 14.0. The van der Waals surface area contributed by atoms with E-state index in [2.05, 4.69) is 0 Å². The molecule has 0 fully saturated rings. The molecule has 2 aromatic carbocycles. The van der Waals surface area contributed by atoms with Crippen molar-refractivity contribution in [3.8, 4) is 11.5 Å². The van der Waals surface area contributed by atoms with E-state index in [1.54, 1.807) is 11.8 Å². The monoisotopic (exact) mass is 300 g/mol. The standard InChI is InChI=1S/C17H16O3S/c1-2-14(18)13-5-3-4-6-17(13)21-12-7-8-15-16(11-12)20-10-9-19-15/h3-8,11H,2,9-10H2,1H3. The number of carbonyl (C=O) groups excluding carboxylic acids is 1. The van der Waals surface area contributed by atoms with Crippen molar-refractivity contribution in [1.82, 2.24) is 0 Å². The zero-order valence-electron chi connectivity index (χ0n) is 11.8. The summed E-state index contributed by atoms with van der Waals surface area (Å²) < 4.78 is 11.1. The van der Waals surface area contributed by atoms with E-state index in [9.17, 15) is 4.79 Å². The molecule has 108 valence electrons. The fourth-order valence-electron chi connectivity index (χ4n) is 2.19. The van der Waals surface area contributed by atoms with Crippen molar-refractivity contribution in [3.63, 3.8) is 0 Å². The highest BCUT2D eigenvalue weighted by molar-refractivity contribution is 7.99. The van der Waals surface area contributed by atoms with Gasteiger partial charge >= 0.3 is 0 Å². The molecular formula is C17H16O3S. The lowest BCUT2D eigenvalue weighted by molar-refractivity contribution is 0.0985. The highest BCUT2D eigenvalue weighted by Crippen LogP contribution is 2.37. The zero-order chi connectivity index (χ0) is 14.7. The first-order valence-electron chi connectivity index (χ1n) is 6.97. The van der Waals surface area contributed by atoms with Gasteiger partial charge in [0.25, 0.3) is 0 Å². The Morgan fingerprint density at radius 2 is 1.86 bits per heavy atom. The lowest BCUT2D eigenvalue weighted by atomic mass is 10.1. The van der Waals surface area contributed by atoms with Crippen LogP contribution < -0.4 is 9.47 Å². The van der Waals surface area contributed by atoms with Crippen LogP contribution in [0.15, 0.2) is 52.3 Å². The SMILES string of the molecule is CCC(=O)c1ccccc1Sc1ccc2c(c1)OCCO2. The second-order valence-corrected chi connectivity index (χ2v) is 5.80. The minimum atomic E-state index is 0.163. The molecule has 0 saturated heterocycles. The second-order valence-electron chi connectivity index (χ2n) is 4.68. The third-order valence-electron chi connectivity index (χ3n) is 3.25. The number of ketones is 1. The van der Waals surface area contributed by atoms with Crippen molar-refractivity contribution in [1.29, 1.82) is 0 Å². The fourth-order valence-corrected chi connectivity index (χ4v) is 3.19. The van der Waals surface area contributed by atoms with E-state index in [1.807, 2.05) is 49.4 Å². The van der Waals surface area contributed by atoms with E-state index in [0.29, 0.717) is 19.6 Å². The molecule has 0 radical (unpaired) electrons. The van der Waals surface area contributed by atoms with Gasteiger partial charge in [-0.15, -0.1) is 0 Å². The lowest BCUT2D eigenvalue weighted by Crippen LogP contribution is -2.15. The summed E-state index contributed by atoms with van der Waals surface area (Å²) in [5, 5.41) is 0. The van der Waals surface area contributed by atoms with Gasteiger partial charge in [-0.2, -0.15) is 0 Å². The van der Waals surface area contributed by atoms with E-state index in [4.69, 9.17) is 9.47 Å². The summed E-state index contributed by atoms with van der Waals surface area (Å²) >= 11 is 1.57. The maximum absolute atomic E-state index is 12.0. The van der Waals surface area contributed by atoms with Crippen molar-refractivity contribution in [2.75, 3.05) is 13.2 Å². The summed E-state index contributed by atoms with van der Waals surface area (Å²) in [6.07, 6.45) is 0.513. The van der Waals surface area contributed by atoms with Crippen molar-refractivity contribution < 1.29 is 14.3 Å². The number of ether oxygens (including phenoxy) is 2. The molecule has 2 aromatic rings. The van der Waals surface area contributed by atoms with E-state index in [0.717, 1.165) is 26.9 Å². The van der Waals surface area contributed by atoms with Gasteiger partial charge in [0, 0.05) is 21.8 Å². The van der Waals surface area contributed by atoms with Gasteiger partial charge in [-0.25, -0.2) is 0 Å². The number of rotatable bonds is 4. The predicted octanol–water partition coefficient (Wildman–Crippen LogP) is 4.20. The number of carbonyl (C=O) groups is 1. The van der Waals surface area contributed by atoms with Crippen molar-refractivity contribution in [2.45, 2.75) is 23.1 Å². The molecule has 21 heavy (non-hydrogen) atoms. The van der Waals surface area contributed by atoms with Gasteiger partial charge in [0.2, 0.25) is 0 Å². The molecule has 0 saturated carbocycles. The fraction of sp³-hybridized carbons (Fsp3) is 0.235. The van der Waals surface area contributed by atoms with Gasteiger partial charge in [-0.1, -0.05) is 36.9 Å². The minimum absolute atomic E-state index is 0.163. The first-order valence-corrected chi connectivity index (χ1v) is 7.79. The largest absolute Gasteiger partial charge is 0.486 e. The molecule has 0 bridgehead atoms. The van der Waals surface area contributed by atoms with Crippen LogP contribution in [0.1, 0.15) is 23.7 Å². The maximum Gasteiger partial charge on any atom is 0.163 e. The van der Waals surface area contributed by atoms with Crippen LogP contribution in [0.2, 0.25) is 0 Å². The molecule has 3 rings (SSSR count). The van der Waals surface area contributed by atoms with Gasteiger partial charge < -0.3 is 9.47 Å². The van der Waals surface area contributed by atoms with Crippen LogP contribution in [0.5, 0.6) is 11.5 Å². The van der Waals surface area contributed by atoms with Crippen molar-refractivity contribution in [2.24, 2.45) is 0 Å². The molecule has 1 heterocycles. The molecule has 1 aliphatic heterocycles. The third kappa shape index (κ3) is 3.05. The second kappa shape index (κ2) is 6.22. The predicted molar refractivity (Wildman–Crippen MR) is 82.6 cm³/mol. The number of fused-ring (bicyclic) bond motifs is 1. The summed E-state index contributed by atoms with van der Waals surface area (Å²) in [6.45, 7) is 3.05. The average molecular weight is 300 g/mol. The highest BCUT2D eigenvalue weighted by Gasteiger charge is 2.14. The van der Waals surface area contributed by atoms with Crippen LogP contribution in [0, 0.1) is 0 Å². The van der Waals surface area contributed by atoms with Crippen molar-refractivity contribution in [3.05, 3.63) is 48.0 Å². The van der Waals surface area contributed by atoms with Crippen LogP contribution >= 0.6 is 11.8 Å². The Labute approximate surface area is 128 Å². The number of hydrogen-bond acceptors (Lipinski definition) is 4. The molecular weight excluding hydrogens is 284 g/mol. The van der Waals surface area contributed by atoms with Gasteiger partial charge in [0.15, 0.2) is 17.3 Å². The number of Topliss-reactive ketones (excluding diaryl/α,β-unsaturated/α-hetero) is 1. The molecule has 0 N–H and O–H groups in total. The van der Waals surface area contributed by atoms with Crippen LogP contribution in [0.4, 0.5) is 0 Å². The van der Waals surface area contributed by atoms with Crippen LogP contribution in [0.3, 0.4) is 0 Å². The minimum Gasteiger partial charge on any atom is -0.486 e. The smallest absolute Gasteiger partial charge is 0.163 e. The van der Waals surface area contributed by atoms with Crippen molar-refractivity contribution >= 4 is 17.5 Å². The Balaban J connectivity index is 1.89. The molecule has 0 aliphatic carbocycles. The molecule has 4 heteroatoms. The van der Waals surface area contributed by atoms with Gasteiger partial charge in [-0.3, -0.25) is 4.79 Å². The lowest BCUT2D eigenvalue weighted by Gasteiger charge is -2.18. The number of benzene rings is 2. The molecule has 0 atom stereocenters. The first-order chi connectivity index (χ1) is 10.3. The molecule has 3 nitrogen and oxygen atoms in total. The average Bonchev–Trinajstić information content (AvgIpc) is 2.54. The molecule has 1 aliphatic rings. The Morgan fingerprint density at radius 3 is 2.67 bits per heavy atom. The van der Waals surface area contributed by atoms with E-state index < -0.39 is 0 Å². The summed E-state index contributed by atoms with van der Waals surface area (Å²) in [6, 6.07) is 13.6. The molecule has 0 amide bonds. The van der Waals surface area contributed by atoms with E-state index in [-0.39, 0.29) is 5.78 Å². The number of hydrogen-bond donors (Lipinski definition) is 0. The normalized spacial score (nSPS) is 13.0. The molecule has 0 spiro atoms. The summed E-state index contributed by atoms with van der Waals surface area (Å²) in [5.74, 6) is 1.71. The van der Waals surface area contributed by atoms with Crippen LogP contribution in [-0.2, 0) is 0 Å². The quantitative estimate of drug-likeness (QED) is 0.793. The van der Waals surface area contributed by atoms with Gasteiger partial charge in [0.1, 0.15) is 13.2 Å².